The van der Waals surface area contributed by atoms with E-state index < -0.39 is 11.4 Å². The lowest BCUT2D eigenvalue weighted by Gasteiger charge is -2.29. The summed E-state index contributed by atoms with van der Waals surface area (Å²) in [4.78, 5) is 12.0. The first kappa shape index (κ1) is 13.5. The van der Waals surface area contributed by atoms with Gasteiger partial charge >= 0.3 is 0 Å². The molecule has 3 rings (SSSR count). The first-order valence-electron chi connectivity index (χ1n) is 6.64. The number of anilines is 1. The van der Waals surface area contributed by atoms with Crippen molar-refractivity contribution in [2.75, 3.05) is 5.32 Å². The lowest BCUT2D eigenvalue weighted by atomic mass is 9.90. The van der Waals surface area contributed by atoms with Crippen LogP contribution in [0, 0.1) is 11.6 Å². The predicted octanol–water partition coefficient (Wildman–Crippen LogP) is 2.70. The second kappa shape index (κ2) is 4.84. The van der Waals surface area contributed by atoms with Gasteiger partial charge in [-0.3, -0.25) is 4.79 Å². The van der Waals surface area contributed by atoms with Crippen molar-refractivity contribution >= 4 is 11.6 Å². The molecule has 21 heavy (non-hydrogen) atoms. The van der Waals surface area contributed by atoms with Crippen LogP contribution >= 0.6 is 0 Å². The summed E-state index contributed by atoms with van der Waals surface area (Å²) in [6.07, 6.45) is 0.801. The van der Waals surface area contributed by atoms with Crippen LogP contribution < -0.4 is 11.1 Å². The summed E-state index contributed by atoms with van der Waals surface area (Å²) in [6.45, 7) is 0. The maximum absolute atomic E-state index is 13.9. The molecule has 0 bridgehead atoms. The number of hydrogen-bond acceptors (Lipinski definition) is 2. The molecule has 3 N–H and O–H groups in total. The monoisotopic (exact) mass is 288 g/mol. The zero-order valence-corrected chi connectivity index (χ0v) is 11.2. The Morgan fingerprint density at radius 3 is 2.52 bits per heavy atom. The Labute approximate surface area is 120 Å². The third-order valence-electron chi connectivity index (χ3n) is 3.95. The number of rotatable bonds is 3. The summed E-state index contributed by atoms with van der Waals surface area (Å²) in [6, 6.07) is 10.3. The Bertz CT molecular complexity index is 700. The molecule has 1 atom stereocenters. The average Bonchev–Trinajstić information content (AvgIpc) is 2.83. The highest BCUT2D eigenvalue weighted by atomic mass is 19.1. The van der Waals surface area contributed by atoms with Crippen LogP contribution in [0.4, 0.5) is 14.5 Å². The van der Waals surface area contributed by atoms with Crippen LogP contribution in [0.25, 0.3) is 0 Å². The minimum Gasteiger partial charge on any atom is -0.368 e. The maximum Gasteiger partial charge on any atom is 0.247 e. The van der Waals surface area contributed by atoms with Gasteiger partial charge in [-0.2, -0.15) is 0 Å². The second-order valence-corrected chi connectivity index (χ2v) is 5.17. The molecule has 0 aromatic heterocycles. The maximum atomic E-state index is 13.9. The molecule has 108 valence electrons. The van der Waals surface area contributed by atoms with Crippen molar-refractivity contribution in [3.63, 3.8) is 0 Å². The molecule has 0 saturated carbocycles. The van der Waals surface area contributed by atoms with E-state index in [1.807, 2.05) is 0 Å². The number of benzene rings is 2. The summed E-state index contributed by atoms with van der Waals surface area (Å²) in [5.74, 6) is -1.28. The Morgan fingerprint density at radius 2 is 1.86 bits per heavy atom. The lowest BCUT2D eigenvalue weighted by Crippen LogP contribution is -2.46. The molecular weight excluding hydrogens is 274 g/mol. The van der Waals surface area contributed by atoms with Gasteiger partial charge in [-0.15, -0.1) is 0 Å². The quantitative estimate of drug-likeness (QED) is 0.912. The van der Waals surface area contributed by atoms with Gasteiger partial charge in [0.25, 0.3) is 0 Å². The van der Waals surface area contributed by atoms with Crippen molar-refractivity contribution in [3.05, 3.63) is 65.2 Å². The minimum atomic E-state index is -1.16. The number of hydrogen-bond donors (Lipinski definition) is 2. The molecule has 3 nitrogen and oxygen atoms in total. The highest BCUT2D eigenvalue weighted by molar-refractivity contribution is 5.90. The summed E-state index contributed by atoms with van der Waals surface area (Å²) in [7, 11) is 0. The number of amides is 1. The Morgan fingerprint density at radius 1 is 1.14 bits per heavy atom. The van der Waals surface area contributed by atoms with Crippen molar-refractivity contribution in [1.29, 1.82) is 0 Å². The van der Waals surface area contributed by atoms with E-state index in [1.165, 1.54) is 30.3 Å². The topological polar surface area (TPSA) is 55.1 Å². The standard InChI is InChI=1S/C16H14F2N2O/c17-10-4-6-11(7-5-10)20-16(15(19)21)9-8-12-13(16)2-1-3-14(12)18/h1-7,20H,8-9H2,(H2,19,21). The van der Waals surface area contributed by atoms with Crippen LogP contribution in [-0.2, 0) is 16.8 Å². The zero-order valence-electron chi connectivity index (χ0n) is 11.2. The normalized spacial score (nSPS) is 20.1. The van der Waals surface area contributed by atoms with Gasteiger partial charge in [0.15, 0.2) is 0 Å². The third kappa shape index (κ3) is 2.14. The minimum absolute atomic E-state index is 0.337. The summed E-state index contributed by atoms with van der Waals surface area (Å²) < 4.78 is 26.8. The van der Waals surface area contributed by atoms with Crippen molar-refractivity contribution in [3.8, 4) is 0 Å². The van der Waals surface area contributed by atoms with Crippen LogP contribution in [0.3, 0.4) is 0 Å². The van der Waals surface area contributed by atoms with Gasteiger partial charge in [0.2, 0.25) is 5.91 Å². The smallest absolute Gasteiger partial charge is 0.247 e. The number of fused-ring (bicyclic) bond motifs is 1. The first-order chi connectivity index (χ1) is 10.0. The van der Waals surface area contributed by atoms with E-state index >= 15 is 0 Å². The number of nitrogens with one attached hydrogen (secondary N) is 1. The van der Waals surface area contributed by atoms with Crippen molar-refractivity contribution < 1.29 is 13.6 Å². The van der Waals surface area contributed by atoms with Gasteiger partial charge in [-0.25, -0.2) is 8.78 Å². The van der Waals surface area contributed by atoms with Gasteiger partial charge in [0, 0.05) is 5.69 Å². The Balaban J connectivity index is 2.06. The van der Waals surface area contributed by atoms with Gasteiger partial charge in [-0.1, -0.05) is 12.1 Å². The SMILES string of the molecule is NC(=O)C1(Nc2ccc(F)cc2)CCc2c(F)cccc21. The van der Waals surface area contributed by atoms with E-state index in [2.05, 4.69) is 5.32 Å². The van der Waals surface area contributed by atoms with E-state index in [1.54, 1.807) is 12.1 Å². The number of carbonyl (C=O) groups excluding carboxylic acids is 1. The molecule has 1 amide bonds. The highest BCUT2D eigenvalue weighted by Crippen LogP contribution is 2.40. The van der Waals surface area contributed by atoms with Crippen molar-refractivity contribution in [2.24, 2.45) is 5.73 Å². The number of carbonyl (C=O) groups is 1. The van der Waals surface area contributed by atoms with Gasteiger partial charge in [0.1, 0.15) is 17.2 Å². The van der Waals surface area contributed by atoms with Crippen LogP contribution in [-0.4, -0.2) is 5.91 Å². The Kier molecular flexibility index (Phi) is 3.12. The van der Waals surface area contributed by atoms with E-state index in [0.29, 0.717) is 29.7 Å². The molecule has 1 aliphatic carbocycles. The molecule has 1 unspecified atom stereocenters. The molecule has 0 fully saturated rings. The molecule has 5 heteroatoms. The van der Waals surface area contributed by atoms with E-state index in [4.69, 9.17) is 5.73 Å². The van der Waals surface area contributed by atoms with Crippen LogP contribution in [0.5, 0.6) is 0 Å². The number of primary amides is 1. The van der Waals surface area contributed by atoms with Gasteiger partial charge in [0.05, 0.1) is 0 Å². The van der Waals surface area contributed by atoms with E-state index in [9.17, 15) is 13.6 Å². The lowest BCUT2D eigenvalue weighted by molar-refractivity contribution is -0.122. The van der Waals surface area contributed by atoms with Gasteiger partial charge in [-0.05, 0) is 54.3 Å². The van der Waals surface area contributed by atoms with Crippen molar-refractivity contribution in [2.45, 2.75) is 18.4 Å². The first-order valence-corrected chi connectivity index (χ1v) is 6.64. The molecular formula is C16H14F2N2O. The fourth-order valence-corrected chi connectivity index (χ4v) is 2.89. The largest absolute Gasteiger partial charge is 0.368 e. The summed E-state index contributed by atoms with van der Waals surface area (Å²) in [5, 5.41) is 3.06. The third-order valence-corrected chi connectivity index (χ3v) is 3.95. The van der Waals surface area contributed by atoms with Crippen LogP contribution in [0.15, 0.2) is 42.5 Å². The van der Waals surface area contributed by atoms with Crippen LogP contribution in [0.1, 0.15) is 17.5 Å². The molecule has 0 heterocycles. The molecule has 0 aliphatic heterocycles. The second-order valence-electron chi connectivity index (χ2n) is 5.17. The molecule has 0 radical (unpaired) electrons. The average molecular weight is 288 g/mol. The fourth-order valence-electron chi connectivity index (χ4n) is 2.89. The molecule has 0 spiro atoms. The predicted molar refractivity (Wildman–Crippen MR) is 75.6 cm³/mol. The summed E-state index contributed by atoms with van der Waals surface area (Å²) in [5.41, 5.74) is 6.04. The highest BCUT2D eigenvalue weighted by Gasteiger charge is 2.45. The molecule has 1 aliphatic rings. The van der Waals surface area contributed by atoms with Crippen molar-refractivity contribution in [1.82, 2.24) is 0 Å². The molecule has 2 aromatic carbocycles. The van der Waals surface area contributed by atoms with E-state index in [0.717, 1.165) is 0 Å². The van der Waals surface area contributed by atoms with Crippen LogP contribution in [0.2, 0.25) is 0 Å². The van der Waals surface area contributed by atoms with E-state index in [-0.39, 0.29) is 11.6 Å². The molecule has 2 aromatic rings. The Hall–Kier alpha value is -2.43. The fraction of sp³-hybridized carbons (Fsp3) is 0.188. The number of halogens is 2. The number of nitrogens with two attached hydrogens (primary N) is 1. The zero-order chi connectivity index (χ0) is 15.0. The molecule has 0 saturated heterocycles. The summed E-state index contributed by atoms with van der Waals surface area (Å²) >= 11 is 0. The van der Waals surface area contributed by atoms with Gasteiger partial charge < -0.3 is 11.1 Å².